The average molecular weight is 314 g/mol. The lowest BCUT2D eigenvalue weighted by atomic mass is 10.1. The normalized spacial score (nSPS) is 10.7. The maximum atomic E-state index is 12.9. The lowest BCUT2D eigenvalue weighted by Crippen LogP contribution is -1.98. The molecule has 0 fully saturated rings. The fourth-order valence-electron chi connectivity index (χ4n) is 2.00. The summed E-state index contributed by atoms with van der Waals surface area (Å²) in [6.45, 7) is 2.62. The van der Waals surface area contributed by atoms with Gasteiger partial charge < -0.3 is 9.47 Å². The summed E-state index contributed by atoms with van der Waals surface area (Å²) in [6, 6.07) is 10.9. The van der Waals surface area contributed by atoms with Gasteiger partial charge >= 0.3 is 0 Å². The standard InChI is InChI=1S/C19H19FO3/c1-3-12-23-19-13-14(5-11-18(19)22-2)4-10-17(21)15-6-8-16(20)9-7-15/h4-11,13H,3,12H2,1-2H3/b10-4+. The Bertz CT molecular complexity index is 690. The molecule has 0 saturated heterocycles. The molecule has 0 aliphatic rings. The lowest BCUT2D eigenvalue weighted by Gasteiger charge is -2.10. The molecule has 2 aromatic rings. The Labute approximate surface area is 135 Å². The largest absolute Gasteiger partial charge is 0.493 e. The minimum Gasteiger partial charge on any atom is -0.493 e. The second-order valence-corrected chi connectivity index (χ2v) is 4.96. The van der Waals surface area contributed by atoms with Gasteiger partial charge in [0.15, 0.2) is 17.3 Å². The second-order valence-electron chi connectivity index (χ2n) is 4.96. The highest BCUT2D eigenvalue weighted by atomic mass is 19.1. The number of carbonyl (C=O) groups excluding carboxylic acids is 1. The van der Waals surface area contributed by atoms with Crippen molar-refractivity contribution in [2.45, 2.75) is 13.3 Å². The van der Waals surface area contributed by atoms with Crippen molar-refractivity contribution in [3.63, 3.8) is 0 Å². The predicted molar refractivity (Wildman–Crippen MR) is 88.5 cm³/mol. The van der Waals surface area contributed by atoms with E-state index in [-0.39, 0.29) is 11.6 Å². The highest BCUT2D eigenvalue weighted by Gasteiger charge is 2.05. The molecule has 2 rings (SSSR count). The Morgan fingerprint density at radius 3 is 2.52 bits per heavy atom. The second kappa shape index (κ2) is 8.13. The van der Waals surface area contributed by atoms with Gasteiger partial charge in [0.1, 0.15) is 5.82 Å². The molecule has 0 aliphatic carbocycles. The van der Waals surface area contributed by atoms with Crippen molar-refractivity contribution in [3.05, 3.63) is 65.5 Å². The highest BCUT2D eigenvalue weighted by Crippen LogP contribution is 2.28. The zero-order valence-corrected chi connectivity index (χ0v) is 13.2. The molecule has 23 heavy (non-hydrogen) atoms. The molecule has 0 N–H and O–H groups in total. The molecule has 0 unspecified atom stereocenters. The van der Waals surface area contributed by atoms with Crippen molar-refractivity contribution in [3.8, 4) is 11.5 Å². The van der Waals surface area contributed by atoms with Crippen LogP contribution in [0.1, 0.15) is 29.3 Å². The van der Waals surface area contributed by atoms with Crippen LogP contribution >= 0.6 is 0 Å². The van der Waals surface area contributed by atoms with E-state index in [1.165, 1.54) is 30.3 Å². The fraction of sp³-hybridized carbons (Fsp3) is 0.211. The smallest absolute Gasteiger partial charge is 0.185 e. The maximum Gasteiger partial charge on any atom is 0.185 e. The zero-order valence-electron chi connectivity index (χ0n) is 13.2. The van der Waals surface area contributed by atoms with Gasteiger partial charge in [-0.25, -0.2) is 4.39 Å². The van der Waals surface area contributed by atoms with Crippen LogP contribution < -0.4 is 9.47 Å². The minimum absolute atomic E-state index is 0.183. The summed E-state index contributed by atoms with van der Waals surface area (Å²) in [5.74, 6) is 0.751. The first-order valence-electron chi connectivity index (χ1n) is 7.43. The van der Waals surface area contributed by atoms with Crippen molar-refractivity contribution in [2.75, 3.05) is 13.7 Å². The molecular formula is C19H19FO3. The van der Waals surface area contributed by atoms with E-state index in [4.69, 9.17) is 9.47 Å². The van der Waals surface area contributed by atoms with Crippen LogP contribution in [0.3, 0.4) is 0 Å². The van der Waals surface area contributed by atoms with Crippen LogP contribution in [-0.4, -0.2) is 19.5 Å². The molecule has 0 aliphatic heterocycles. The third-order valence-electron chi connectivity index (χ3n) is 3.21. The first-order chi connectivity index (χ1) is 11.1. The number of ether oxygens (including phenoxy) is 2. The van der Waals surface area contributed by atoms with Crippen LogP contribution in [0.5, 0.6) is 11.5 Å². The summed E-state index contributed by atoms with van der Waals surface area (Å²) in [6.07, 6.45) is 4.05. The Morgan fingerprint density at radius 1 is 1.13 bits per heavy atom. The number of hydrogen-bond donors (Lipinski definition) is 0. The predicted octanol–water partition coefficient (Wildman–Crippen LogP) is 4.52. The maximum absolute atomic E-state index is 12.9. The van der Waals surface area contributed by atoms with E-state index in [2.05, 4.69) is 0 Å². The third-order valence-corrected chi connectivity index (χ3v) is 3.21. The van der Waals surface area contributed by atoms with Gasteiger partial charge in [-0.2, -0.15) is 0 Å². The van der Waals surface area contributed by atoms with E-state index in [9.17, 15) is 9.18 Å². The Kier molecular flexibility index (Phi) is 5.92. The number of carbonyl (C=O) groups is 1. The Morgan fingerprint density at radius 2 is 1.87 bits per heavy atom. The molecule has 120 valence electrons. The number of halogens is 1. The van der Waals surface area contributed by atoms with Crippen LogP contribution in [0.4, 0.5) is 4.39 Å². The third kappa shape index (κ3) is 4.68. The molecule has 2 aromatic carbocycles. The van der Waals surface area contributed by atoms with Crippen LogP contribution in [0, 0.1) is 5.82 Å². The monoisotopic (exact) mass is 314 g/mol. The van der Waals surface area contributed by atoms with Gasteiger partial charge in [0.05, 0.1) is 13.7 Å². The Hall–Kier alpha value is -2.62. The fourth-order valence-corrected chi connectivity index (χ4v) is 2.00. The molecule has 0 saturated carbocycles. The minimum atomic E-state index is -0.363. The summed E-state index contributed by atoms with van der Waals surface area (Å²) in [4.78, 5) is 12.0. The summed E-state index contributed by atoms with van der Waals surface area (Å²) >= 11 is 0. The molecule has 0 amide bonds. The molecule has 4 heteroatoms. The van der Waals surface area contributed by atoms with Crippen LogP contribution in [0.2, 0.25) is 0 Å². The van der Waals surface area contributed by atoms with E-state index in [1.54, 1.807) is 19.3 Å². The zero-order chi connectivity index (χ0) is 16.7. The van der Waals surface area contributed by atoms with E-state index in [0.717, 1.165) is 12.0 Å². The quantitative estimate of drug-likeness (QED) is 0.557. The van der Waals surface area contributed by atoms with Crippen LogP contribution in [0.25, 0.3) is 6.08 Å². The summed E-state index contributed by atoms with van der Waals surface area (Å²) in [5.41, 5.74) is 1.27. The first-order valence-corrected chi connectivity index (χ1v) is 7.43. The Balaban J connectivity index is 2.15. The number of rotatable bonds is 7. The molecule has 0 aromatic heterocycles. The van der Waals surface area contributed by atoms with E-state index in [0.29, 0.717) is 23.7 Å². The van der Waals surface area contributed by atoms with Crippen molar-refractivity contribution in [1.82, 2.24) is 0 Å². The van der Waals surface area contributed by atoms with Gasteiger partial charge in [0.2, 0.25) is 0 Å². The van der Waals surface area contributed by atoms with Crippen LogP contribution in [-0.2, 0) is 0 Å². The van der Waals surface area contributed by atoms with Crippen molar-refractivity contribution in [2.24, 2.45) is 0 Å². The van der Waals surface area contributed by atoms with Gasteiger partial charge in [0, 0.05) is 5.56 Å². The van der Waals surface area contributed by atoms with E-state index >= 15 is 0 Å². The molecular weight excluding hydrogens is 295 g/mol. The van der Waals surface area contributed by atoms with Gasteiger partial charge in [-0.05, 0) is 54.5 Å². The van der Waals surface area contributed by atoms with Gasteiger partial charge in [-0.15, -0.1) is 0 Å². The lowest BCUT2D eigenvalue weighted by molar-refractivity contribution is 0.104. The summed E-state index contributed by atoms with van der Waals surface area (Å²) in [5, 5.41) is 0. The summed E-state index contributed by atoms with van der Waals surface area (Å²) < 4.78 is 23.8. The van der Waals surface area contributed by atoms with Crippen LogP contribution in [0.15, 0.2) is 48.5 Å². The number of ketones is 1. The SMILES string of the molecule is CCCOc1cc(/C=C/C(=O)c2ccc(F)cc2)ccc1OC. The first kappa shape index (κ1) is 16.7. The molecule has 0 bridgehead atoms. The van der Waals surface area contributed by atoms with Crippen molar-refractivity contribution >= 4 is 11.9 Å². The van der Waals surface area contributed by atoms with Crippen molar-refractivity contribution in [1.29, 1.82) is 0 Å². The van der Waals surface area contributed by atoms with Gasteiger partial charge in [-0.3, -0.25) is 4.79 Å². The number of allylic oxidation sites excluding steroid dienone is 1. The van der Waals surface area contributed by atoms with E-state index < -0.39 is 0 Å². The number of hydrogen-bond acceptors (Lipinski definition) is 3. The number of methoxy groups -OCH3 is 1. The molecule has 0 radical (unpaired) electrons. The molecule has 0 atom stereocenters. The highest BCUT2D eigenvalue weighted by molar-refractivity contribution is 6.06. The average Bonchev–Trinajstić information content (AvgIpc) is 2.58. The molecule has 0 spiro atoms. The topological polar surface area (TPSA) is 35.5 Å². The van der Waals surface area contributed by atoms with Crippen molar-refractivity contribution < 1.29 is 18.7 Å². The van der Waals surface area contributed by atoms with Gasteiger partial charge in [0.25, 0.3) is 0 Å². The number of benzene rings is 2. The van der Waals surface area contributed by atoms with Gasteiger partial charge in [-0.1, -0.05) is 19.1 Å². The molecule has 3 nitrogen and oxygen atoms in total. The molecule has 0 heterocycles. The summed E-state index contributed by atoms with van der Waals surface area (Å²) in [7, 11) is 1.59. The van der Waals surface area contributed by atoms with E-state index in [1.807, 2.05) is 19.1 Å².